The number of hydrogen-bond acceptors (Lipinski definition) is 2. The molecule has 82 valence electrons. The van der Waals surface area contributed by atoms with Crippen LogP contribution in [0.3, 0.4) is 0 Å². The van der Waals surface area contributed by atoms with Gasteiger partial charge in [-0.05, 0) is 12.8 Å². The SMILES string of the molecule is CCOC[C@@H]1CN(C(=O)CCl)C[C@@H]1C. The summed E-state index contributed by atoms with van der Waals surface area (Å²) in [5, 5.41) is 0. The summed E-state index contributed by atoms with van der Waals surface area (Å²) in [6.45, 7) is 7.26. The van der Waals surface area contributed by atoms with Crippen LogP contribution in [0.15, 0.2) is 0 Å². The molecule has 0 aromatic rings. The summed E-state index contributed by atoms with van der Waals surface area (Å²) in [7, 11) is 0. The second kappa shape index (κ2) is 5.56. The fourth-order valence-electron chi connectivity index (χ4n) is 1.81. The molecule has 1 aliphatic heterocycles. The van der Waals surface area contributed by atoms with Gasteiger partial charge < -0.3 is 9.64 Å². The van der Waals surface area contributed by atoms with Crippen molar-refractivity contribution in [2.45, 2.75) is 13.8 Å². The Balaban J connectivity index is 2.39. The molecule has 0 radical (unpaired) electrons. The van der Waals surface area contributed by atoms with Gasteiger partial charge in [-0.3, -0.25) is 4.79 Å². The Morgan fingerprint density at radius 3 is 2.86 bits per heavy atom. The Morgan fingerprint density at radius 1 is 1.57 bits per heavy atom. The number of likely N-dealkylation sites (tertiary alicyclic amines) is 1. The fraction of sp³-hybridized carbons (Fsp3) is 0.900. The molecule has 14 heavy (non-hydrogen) atoms. The maximum absolute atomic E-state index is 11.3. The van der Waals surface area contributed by atoms with Crippen LogP contribution in [0.2, 0.25) is 0 Å². The third-order valence-electron chi connectivity index (χ3n) is 2.77. The van der Waals surface area contributed by atoms with Crippen LogP contribution in [-0.2, 0) is 9.53 Å². The first-order chi connectivity index (χ1) is 6.69. The first kappa shape index (κ1) is 11.8. The number of amides is 1. The van der Waals surface area contributed by atoms with Crippen molar-refractivity contribution in [2.75, 3.05) is 32.2 Å². The molecule has 0 N–H and O–H groups in total. The first-order valence-electron chi connectivity index (χ1n) is 5.10. The molecule has 1 saturated heterocycles. The average Bonchev–Trinajstić information content (AvgIpc) is 2.56. The van der Waals surface area contributed by atoms with Crippen LogP contribution in [-0.4, -0.2) is 43.0 Å². The van der Waals surface area contributed by atoms with Crippen molar-refractivity contribution in [3.8, 4) is 0 Å². The predicted molar refractivity (Wildman–Crippen MR) is 56.4 cm³/mol. The van der Waals surface area contributed by atoms with Gasteiger partial charge in [-0.15, -0.1) is 11.6 Å². The van der Waals surface area contributed by atoms with E-state index >= 15 is 0 Å². The molecular formula is C10H18ClNO2. The second-order valence-corrected chi connectivity index (χ2v) is 4.10. The van der Waals surface area contributed by atoms with E-state index in [4.69, 9.17) is 16.3 Å². The van der Waals surface area contributed by atoms with Gasteiger partial charge in [0, 0.05) is 25.6 Å². The topological polar surface area (TPSA) is 29.5 Å². The summed E-state index contributed by atoms with van der Waals surface area (Å²) < 4.78 is 5.38. The van der Waals surface area contributed by atoms with E-state index in [9.17, 15) is 4.79 Å². The number of nitrogens with zero attached hydrogens (tertiary/aromatic N) is 1. The smallest absolute Gasteiger partial charge is 0.237 e. The van der Waals surface area contributed by atoms with Gasteiger partial charge in [0.05, 0.1) is 6.61 Å². The second-order valence-electron chi connectivity index (χ2n) is 3.83. The van der Waals surface area contributed by atoms with Crippen LogP contribution in [0.1, 0.15) is 13.8 Å². The number of halogens is 1. The Bertz CT molecular complexity index is 199. The molecule has 0 aromatic heterocycles. The minimum Gasteiger partial charge on any atom is -0.381 e. The highest BCUT2D eigenvalue weighted by Gasteiger charge is 2.31. The summed E-state index contributed by atoms with van der Waals surface area (Å²) in [6.07, 6.45) is 0. The lowest BCUT2D eigenvalue weighted by molar-refractivity contribution is -0.127. The molecule has 1 aliphatic rings. The number of rotatable bonds is 4. The van der Waals surface area contributed by atoms with Gasteiger partial charge in [-0.2, -0.15) is 0 Å². The predicted octanol–water partition coefficient (Wildman–Crippen LogP) is 1.36. The zero-order valence-corrected chi connectivity index (χ0v) is 9.59. The van der Waals surface area contributed by atoms with E-state index in [-0.39, 0.29) is 11.8 Å². The summed E-state index contributed by atoms with van der Waals surface area (Å²) >= 11 is 5.51. The number of carbonyl (C=O) groups is 1. The fourth-order valence-corrected chi connectivity index (χ4v) is 1.98. The van der Waals surface area contributed by atoms with E-state index in [1.54, 1.807) is 0 Å². The molecule has 0 aromatic carbocycles. The van der Waals surface area contributed by atoms with Crippen LogP contribution >= 0.6 is 11.6 Å². The minimum atomic E-state index is 0.0394. The summed E-state index contributed by atoms with van der Waals surface area (Å²) in [6, 6.07) is 0. The summed E-state index contributed by atoms with van der Waals surface area (Å²) in [5.41, 5.74) is 0. The molecule has 3 nitrogen and oxygen atoms in total. The Labute approximate surface area is 90.4 Å². The van der Waals surface area contributed by atoms with Crippen LogP contribution in [0.25, 0.3) is 0 Å². The van der Waals surface area contributed by atoms with Crippen molar-refractivity contribution in [3.05, 3.63) is 0 Å². The van der Waals surface area contributed by atoms with Gasteiger partial charge in [0.15, 0.2) is 0 Å². The van der Waals surface area contributed by atoms with Crippen LogP contribution in [0, 0.1) is 11.8 Å². The maximum atomic E-state index is 11.3. The molecule has 1 heterocycles. The van der Waals surface area contributed by atoms with Crippen LogP contribution in [0.5, 0.6) is 0 Å². The molecule has 0 unspecified atom stereocenters. The third kappa shape index (κ3) is 2.85. The number of carbonyl (C=O) groups excluding carboxylic acids is 1. The van der Waals surface area contributed by atoms with Crippen molar-refractivity contribution in [1.29, 1.82) is 0 Å². The molecule has 2 atom stereocenters. The highest BCUT2D eigenvalue weighted by molar-refractivity contribution is 6.27. The summed E-state index contributed by atoms with van der Waals surface area (Å²) in [5.74, 6) is 1.13. The Hall–Kier alpha value is -0.280. The van der Waals surface area contributed by atoms with Gasteiger partial charge in [-0.25, -0.2) is 0 Å². The highest BCUT2D eigenvalue weighted by atomic mass is 35.5. The standard InChI is InChI=1S/C10H18ClNO2/c1-3-14-7-9-6-12(5-8(9)2)10(13)4-11/h8-9H,3-7H2,1-2H3/t8-,9-/m0/s1. The van der Waals surface area contributed by atoms with E-state index in [1.165, 1.54) is 0 Å². The monoisotopic (exact) mass is 219 g/mol. The first-order valence-corrected chi connectivity index (χ1v) is 5.64. The Morgan fingerprint density at radius 2 is 2.29 bits per heavy atom. The highest BCUT2D eigenvalue weighted by Crippen LogP contribution is 2.23. The molecule has 0 spiro atoms. The van der Waals surface area contributed by atoms with E-state index in [0.29, 0.717) is 11.8 Å². The van der Waals surface area contributed by atoms with Gasteiger partial charge in [-0.1, -0.05) is 6.92 Å². The molecule has 0 bridgehead atoms. The molecular weight excluding hydrogens is 202 g/mol. The molecule has 4 heteroatoms. The van der Waals surface area contributed by atoms with E-state index in [0.717, 1.165) is 26.3 Å². The van der Waals surface area contributed by atoms with Crippen molar-refractivity contribution in [1.82, 2.24) is 4.90 Å². The van der Waals surface area contributed by atoms with Crippen molar-refractivity contribution in [3.63, 3.8) is 0 Å². The molecule has 0 aliphatic carbocycles. The number of hydrogen-bond donors (Lipinski definition) is 0. The molecule has 0 saturated carbocycles. The van der Waals surface area contributed by atoms with Crippen molar-refractivity contribution < 1.29 is 9.53 Å². The zero-order valence-electron chi connectivity index (χ0n) is 8.83. The van der Waals surface area contributed by atoms with E-state index < -0.39 is 0 Å². The van der Waals surface area contributed by atoms with Gasteiger partial charge in [0.1, 0.15) is 5.88 Å². The zero-order chi connectivity index (χ0) is 10.6. The third-order valence-corrected chi connectivity index (χ3v) is 3.00. The molecule has 1 fully saturated rings. The molecule has 1 amide bonds. The number of ether oxygens (including phenoxy) is 1. The maximum Gasteiger partial charge on any atom is 0.237 e. The van der Waals surface area contributed by atoms with E-state index in [2.05, 4.69) is 6.92 Å². The largest absolute Gasteiger partial charge is 0.381 e. The lowest BCUT2D eigenvalue weighted by Crippen LogP contribution is -2.30. The van der Waals surface area contributed by atoms with Crippen molar-refractivity contribution >= 4 is 17.5 Å². The van der Waals surface area contributed by atoms with Crippen LogP contribution in [0.4, 0.5) is 0 Å². The van der Waals surface area contributed by atoms with Gasteiger partial charge >= 0.3 is 0 Å². The number of alkyl halides is 1. The average molecular weight is 220 g/mol. The minimum absolute atomic E-state index is 0.0394. The van der Waals surface area contributed by atoms with Gasteiger partial charge in [0.2, 0.25) is 5.91 Å². The quantitative estimate of drug-likeness (QED) is 0.669. The van der Waals surface area contributed by atoms with E-state index in [1.807, 2.05) is 11.8 Å². The van der Waals surface area contributed by atoms with Gasteiger partial charge in [0.25, 0.3) is 0 Å². The lowest BCUT2D eigenvalue weighted by Gasteiger charge is -2.14. The summed E-state index contributed by atoms with van der Waals surface area (Å²) in [4.78, 5) is 13.2. The normalized spacial score (nSPS) is 26.9. The van der Waals surface area contributed by atoms with Crippen molar-refractivity contribution in [2.24, 2.45) is 11.8 Å². The Kier molecular flexibility index (Phi) is 4.69. The molecule has 1 rings (SSSR count). The lowest BCUT2D eigenvalue weighted by atomic mass is 9.99. The van der Waals surface area contributed by atoms with Crippen LogP contribution < -0.4 is 0 Å².